The topological polar surface area (TPSA) is 51.2 Å². The second kappa shape index (κ2) is 5.07. The van der Waals surface area contributed by atoms with E-state index in [4.69, 9.17) is 4.74 Å². The van der Waals surface area contributed by atoms with E-state index in [0.29, 0.717) is 30.3 Å². The highest BCUT2D eigenvalue weighted by Crippen LogP contribution is 2.16. The molecule has 1 aromatic heterocycles. The van der Waals surface area contributed by atoms with Gasteiger partial charge in [-0.25, -0.2) is 0 Å². The molecule has 0 unspecified atom stereocenters. The SMILES string of the molecule is CCOc1cncc(C(=O)CC2CNC2)c1. The van der Waals surface area contributed by atoms with Crippen LogP contribution in [-0.4, -0.2) is 30.5 Å². The second-order valence-electron chi connectivity index (χ2n) is 3.99. The zero-order valence-corrected chi connectivity index (χ0v) is 9.40. The molecule has 0 aliphatic carbocycles. The Morgan fingerprint density at radius 1 is 1.56 bits per heavy atom. The number of carbonyl (C=O) groups is 1. The third-order valence-corrected chi connectivity index (χ3v) is 2.69. The molecule has 4 nitrogen and oxygen atoms in total. The van der Waals surface area contributed by atoms with Crippen molar-refractivity contribution in [2.45, 2.75) is 13.3 Å². The van der Waals surface area contributed by atoms with E-state index in [1.807, 2.05) is 6.92 Å². The van der Waals surface area contributed by atoms with Crippen molar-refractivity contribution in [3.05, 3.63) is 24.0 Å². The van der Waals surface area contributed by atoms with Crippen LogP contribution in [0.3, 0.4) is 0 Å². The van der Waals surface area contributed by atoms with Gasteiger partial charge < -0.3 is 10.1 Å². The lowest BCUT2D eigenvalue weighted by molar-refractivity contribution is 0.0944. The predicted molar refractivity (Wildman–Crippen MR) is 60.7 cm³/mol. The molecule has 0 saturated carbocycles. The average molecular weight is 220 g/mol. The van der Waals surface area contributed by atoms with Crippen LogP contribution in [0.25, 0.3) is 0 Å². The van der Waals surface area contributed by atoms with Crippen molar-refractivity contribution < 1.29 is 9.53 Å². The Bertz CT molecular complexity index is 375. The number of Topliss-reactive ketones (excluding diaryl/α,β-unsaturated/α-hetero) is 1. The first-order chi connectivity index (χ1) is 7.79. The molecule has 0 atom stereocenters. The van der Waals surface area contributed by atoms with Crippen molar-refractivity contribution in [1.29, 1.82) is 0 Å². The molecule has 0 spiro atoms. The minimum absolute atomic E-state index is 0.153. The standard InChI is InChI=1S/C12H16N2O2/c1-2-16-11-4-10(7-14-8-11)12(15)3-9-5-13-6-9/h4,7-9,13H,2-3,5-6H2,1H3. The fourth-order valence-electron chi connectivity index (χ4n) is 1.69. The fourth-order valence-corrected chi connectivity index (χ4v) is 1.69. The van der Waals surface area contributed by atoms with Crippen LogP contribution < -0.4 is 10.1 Å². The van der Waals surface area contributed by atoms with E-state index in [1.54, 1.807) is 18.5 Å². The van der Waals surface area contributed by atoms with E-state index in [0.717, 1.165) is 13.1 Å². The summed E-state index contributed by atoms with van der Waals surface area (Å²) < 4.78 is 5.31. The van der Waals surface area contributed by atoms with Gasteiger partial charge in [-0.2, -0.15) is 0 Å². The van der Waals surface area contributed by atoms with Gasteiger partial charge in [0.15, 0.2) is 5.78 Å². The predicted octanol–water partition coefficient (Wildman–Crippen LogP) is 1.27. The zero-order chi connectivity index (χ0) is 11.4. The molecule has 2 heterocycles. The summed E-state index contributed by atoms with van der Waals surface area (Å²) in [5.41, 5.74) is 0.651. The van der Waals surface area contributed by atoms with Gasteiger partial charge in [0.05, 0.1) is 12.8 Å². The molecule has 1 aromatic rings. The van der Waals surface area contributed by atoms with Crippen molar-refractivity contribution in [3.63, 3.8) is 0 Å². The van der Waals surface area contributed by atoms with Crippen LogP contribution in [0.15, 0.2) is 18.5 Å². The summed E-state index contributed by atoms with van der Waals surface area (Å²) in [4.78, 5) is 15.9. The third kappa shape index (κ3) is 2.58. The molecule has 16 heavy (non-hydrogen) atoms. The van der Waals surface area contributed by atoms with Gasteiger partial charge in [0.25, 0.3) is 0 Å². The summed E-state index contributed by atoms with van der Waals surface area (Å²) in [6.45, 7) is 4.40. The normalized spacial score (nSPS) is 15.6. The van der Waals surface area contributed by atoms with Crippen LogP contribution in [0.2, 0.25) is 0 Å². The number of ether oxygens (including phenoxy) is 1. The van der Waals surface area contributed by atoms with Crippen LogP contribution in [-0.2, 0) is 0 Å². The van der Waals surface area contributed by atoms with Crippen LogP contribution >= 0.6 is 0 Å². The van der Waals surface area contributed by atoms with Crippen molar-refractivity contribution in [2.75, 3.05) is 19.7 Å². The molecule has 0 bridgehead atoms. The van der Waals surface area contributed by atoms with Gasteiger partial charge in [-0.15, -0.1) is 0 Å². The number of nitrogens with one attached hydrogen (secondary N) is 1. The lowest BCUT2D eigenvalue weighted by Crippen LogP contribution is -2.42. The monoisotopic (exact) mass is 220 g/mol. The Balaban J connectivity index is 2.00. The smallest absolute Gasteiger partial charge is 0.164 e. The largest absolute Gasteiger partial charge is 0.492 e. The van der Waals surface area contributed by atoms with Gasteiger partial charge in [0.2, 0.25) is 0 Å². The minimum atomic E-state index is 0.153. The van der Waals surface area contributed by atoms with Crippen LogP contribution in [0.4, 0.5) is 0 Å². The van der Waals surface area contributed by atoms with Crippen LogP contribution in [0.1, 0.15) is 23.7 Å². The quantitative estimate of drug-likeness (QED) is 0.759. The molecule has 0 radical (unpaired) electrons. The lowest BCUT2D eigenvalue weighted by atomic mass is 9.94. The summed E-state index contributed by atoms with van der Waals surface area (Å²) >= 11 is 0. The molecular formula is C12H16N2O2. The van der Waals surface area contributed by atoms with E-state index >= 15 is 0 Å². The van der Waals surface area contributed by atoms with Gasteiger partial charge in [-0.3, -0.25) is 9.78 Å². The van der Waals surface area contributed by atoms with Crippen molar-refractivity contribution in [3.8, 4) is 5.75 Å². The number of pyridine rings is 1. The molecule has 1 N–H and O–H groups in total. The third-order valence-electron chi connectivity index (χ3n) is 2.69. The maximum absolute atomic E-state index is 11.9. The summed E-state index contributed by atoms with van der Waals surface area (Å²) in [5, 5.41) is 3.16. The number of hydrogen-bond donors (Lipinski definition) is 1. The molecule has 4 heteroatoms. The van der Waals surface area contributed by atoms with Crippen LogP contribution in [0, 0.1) is 5.92 Å². The number of nitrogens with zero attached hydrogens (tertiary/aromatic N) is 1. The second-order valence-corrected chi connectivity index (χ2v) is 3.99. The number of aromatic nitrogens is 1. The molecule has 1 saturated heterocycles. The zero-order valence-electron chi connectivity index (χ0n) is 9.40. The molecular weight excluding hydrogens is 204 g/mol. The molecule has 86 valence electrons. The molecule has 0 aromatic carbocycles. The summed E-state index contributed by atoms with van der Waals surface area (Å²) in [6, 6.07) is 1.77. The molecule has 1 aliphatic rings. The van der Waals surface area contributed by atoms with E-state index in [-0.39, 0.29) is 5.78 Å². The minimum Gasteiger partial charge on any atom is -0.492 e. The van der Waals surface area contributed by atoms with Gasteiger partial charge in [0.1, 0.15) is 5.75 Å². The Labute approximate surface area is 95.0 Å². The van der Waals surface area contributed by atoms with E-state index in [2.05, 4.69) is 10.3 Å². The maximum Gasteiger partial charge on any atom is 0.164 e. The molecule has 0 amide bonds. The highest BCUT2D eigenvalue weighted by molar-refractivity contribution is 5.96. The summed E-state index contributed by atoms with van der Waals surface area (Å²) in [7, 11) is 0. The van der Waals surface area contributed by atoms with E-state index in [9.17, 15) is 4.79 Å². The van der Waals surface area contributed by atoms with Crippen molar-refractivity contribution >= 4 is 5.78 Å². The van der Waals surface area contributed by atoms with E-state index in [1.165, 1.54) is 0 Å². The van der Waals surface area contributed by atoms with Gasteiger partial charge in [-0.05, 0) is 32.0 Å². The first kappa shape index (κ1) is 11.1. The lowest BCUT2D eigenvalue weighted by Gasteiger charge is -2.26. The van der Waals surface area contributed by atoms with Crippen LogP contribution in [0.5, 0.6) is 5.75 Å². The molecule has 1 aliphatic heterocycles. The Kier molecular flexibility index (Phi) is 3.51. The number of carbonyl (C=O) groups excluding carboxylic acids is 1. The van der Waals surface area contributed by atoms with Crippen molar-refractivity contribution in [1.82, 2.24) is 10.3 Å². The van der Waals surface area contributed by atoms with Gasteiger partial charge in [0, 0.05) is 18.2 Å². The van der Waals surface area contributed by atoms with Crippen molar-refractivity contribution in [2.24, 2.45) is 5.92 Å². The summed E-state index contributed by atoms with van der Waals surface area (Å²) in [5.74, 6) is 1.31. The molecule has 2 rings (SSSR count). The Hall–Kier alpha value is -1.42. The number of rotatable bonds is 5. The number of ketones is 1. The van der Waals surface area contributed by atoms with Gasteiger partial charge in [-0.1, -0.05) is 0 Å². The van der Waals surface area contributed by atoms with Gasteiger partial charge >= 0.3 is 0 Å². The first-order valence-electron chi connectivity index (χ1n) is 5.61. The summed E-state index contributed by atoms with van der Waals surface area (Å²) in [6.07, 6.45) is 3.84. The Morgan fingerprint density at radius 3 is 3.00 bits per heavy atom. The Morgan fingerprint density at radius 2 is 2.38 bits per heavy atom. The average Bonchev–Trinajstić information content (AvgIpc) is 2.24. The fraction of sp³-hybridized carbons (Fsp3) is 0.500. The molecule has 1 fully saturated rings. The maximum atomic E-state index is 11.9. The number of hydrogen-bond acceptors (Lipinski definition) is 4. The highest BCUT2D eigenvalue weighted by atomic mass is 16.5. The first-order valence-corrected chi connectivity index (χ1v) is 5.61. The highest BCUT2D eigenvalue weighted by Gasteiger charge is 2.21. The van der Waals surface area contributed by atoms with E-state index < -0.39 is 0 Å².